The SMILES string of the molecule is COc1ccc(CC(C)(CN)c2ccccc2)cc1OC. The first kappa shape index (κ1) is 15.4. The van der Waals surface area contributed by atoms with E-state index in [4.69, 9.17) is 15.2 Å². The van der Waals surface area contributed by atoms with Crippen LogP contribution >= 0.6 is 0 Å². The molecule has 0 aliphatic carbocycles. The molecule has 3 nitrogen and oxygen atoms in total. The minimum Gasteiger partial charge on any atom is -0.493 e. The van der Waals surface area contributed by atoms with E-state index in [1.165, 1.54) is 11.1 Å². The summed E-state index contributed by atoms with van der Waals surface area (Å²) in [5, 5.41) is 0. The highest BCUT2D eigenvalue weighted by Gasteiger charge is 2.25. The van der Waals surface area contributed by atoms with Gasteiger partial charge in [-0.3, -0.25) is 0 Å². The van der Waals surface area contributed by atoms with Gasteiger partial charge < -0.3 is 15.2 Å². The first-order chi connectivity index (χ1) is 10.1. The Hall–Kier alpha value is -2.00. The Bertz CT molecular complexity index is 583. The molecule has 0 aromatic heterocycles. The van der Waals surface area contributed by atoms with Crippen molar-refractivity contribution in [3.63, 3.8) is 0 Å². The molecule has 2 aromatic carbocycles. The standard InChI is InChI=1S/C18H23NO2/c1-18(13-19,15-7-5-4-6-8-15)12-14-9-10-16(20-2)17(11-14)21-3/h4-11H,12-13,19H2,1-3H3. The van der Waals surface area contributed by atoms with Gasteiger partial charge >= 0.3 is 0 Å². The van der Waals surface area contributed by atoms with Crippen molar-refractivity contribution >= 4 is 0 Å². The van der Waals surface area contributed by atoms with Crippen LogP contribution in [-0.4, -0.2) is 20.8 Å². The second-order valence-electron chi connectivity index (χ2n) is 5.50. The van der Waals surface area contributed by atoms with Crippen molar-refractivity contribution in [2.75, 3.05) is 20.8 Å². The number of benzene rings is 2. The summed E-state index contributed by atoms with van der Waals surface area (Å²) in [6.07, 6.45) is 0.855. The van der Waals surface area contributed by atoms with Crippen LogP contribution in [0.15, 0.2) is 48.5 Å². The smallest absolute Gasteiger partial charge is 0.160 e. The summed E-state index contributed by atoms with van der Waals surface area (Å²) in [4.78, 5) is 0. The fourth-order valence-electron chi connectivity index (χ4n) is 2.57. The quantitative estimate of drug-likeness (QED) is 0.886. The molecule has 2 rings (SSSR count). The third-order valence-electron chi connectivity index (χ3n) is 3.96. The van der Waals surface area contributed by atoms with Crippen molar-refractivity contribution in [1.29, 1.82) is 0 Å². The zero-order valence-corrected chi connectivity index (χ0v) is 12.9. The lowest BCUT2D eigenvalue weighted by Crippen LogP contribution is -2.34. The average molecular weight is 285 g/mol. The molecule has 0 heterocycles. The first-order valence-corrected chi connectivity index (χ1v) is 7.09. The zero-order chi connectivity index (χ0) is 15.3. The fraction of sp³-hybridized carbons (Fsp3) is 0.333. The zero-order valence-electron chi connectivity index (χ0n) is 12.9. The van der Waals surface area contributed by atoms with Gasteiger partial charge in [-0.1, -0.05) is 43.3 Å². The minimum absolute atomic E-state index is 0.0964. The van der Waals surface area contributed by atoms with E-state index in [1.54, 1.807) is 14.2 Å². The maximum atomic E-state index is 6.06. The summed E-state index contributed by atoms with van der Waals surface area (Å²) in [5.74, 6) is 1.50. The Morgan fingerprint density at radius 1 is 0.952 bits per heavy atom. The van der Waals surface area contributed by atoms with Crippen molar-refractivity contribution in [1.82, 2.24) is 0 Å². The molecular weight excluding hydrogens is 262 g/mol. The molecule has 112 valence electrons. The molecule has 2 aromatic rings. The Labute approximate surface area is 126 Å². The number of nitrogens with two attached hydrogens (primary N) is 1. The summed E-state index contributed by atoms with van der Waals surface area (Å²) < 4.78 is 10.7. The third kappa shape index (κ3) is 3.37. The molecule has 0 spiro atoms. The van der Waals surface area contributed by atoms with Crippen molar-refractivity contribution in [2.45, 2.75) is 18.8 Å². The number of ether oxygens (including phenoxy) is 2. The Balaban J connectivity index is 2.30. The lowest BCUT2D eigenvalue weighted by atomic mass is 9.77. The predicted octanol–water partition coefficient (Wildman–Crippen LogP) is 3.16. The van der Waals surface area contributed by atoms with Gasteiger partial charge in [0.15, 0.2) is 11.5 Å². The van der Waals surface area contributed by atoms with E-state index >= 15 is 0 Å². The molecule has 0 fully saturated rings. The van der Waals surface area contributed by atoms with Crippen LogP contribution in [0.4, 0.5) is 0 Å². The molecule has 0 aliphatic heterocycles. The molecule has 1 atom stereocenters. The Kier molecular flexibility index (Phi) is 4.86. The van der Waals surface area contributed by atoms with Crippen LogP contribution in [0.2, 0.25) is 0 Å². The van der Waals surface area contributed by atoms with Crippen LogP contribution < -0.4 is 15.2 Å². The monoisotopic (exact) mass is 285 g/mol. The number of hydrogen-bond donors (Lipinski definition) is 1. The van der Waals surface area contributed by atoms with Crippen LogP contribution in [0.1, 0.15) is 18.1 Å². The van der Waals surface area contributed by atoms with E-state index in [0.29, 0.717) is 6.54 Å². The second kappa shape index (κ2) is 6.64. The summed E-state index contributed by atoms with van der Waals surface area (Å²) >= 11 is 0. The highest BCUT2D eigenvalue weighted by atomic mass is 16.5. The lowest BCUT2D eigenvalue weighted by molar-refractivity contribution is 0.354. The maximum absolute atomic E-state index is 6.06. The normalized spacial score (nSPS) is 13.5. The third-order valence-corrected chi connectivity index (χ3v) is 3.96. The summed E-state index contributed by atoms with van der Waals surface area (Å²) in [5.41, 5.74) is 8.40. The van der Waals surface area contributed by atoms with Gasteiger partial charge in [0.1, 0.15) is 0 Å². The molecule has 3 heteroatoms. The topological polar surface area (TPSA) is 44.5 Å². The van der Waals surface area contributed by atoms with Gasteiger partial charge in [0.25, 0.3) is 0 Å². The second-order valence-corrected chi connectivity index (χ2v) is 5.50. The molecule has 0 radical (unpaired) electrons. The first-order valence-electron chi connectivity index (χ1n) is 7.09. The lowest BCUT2D eigenvalue weighted by Gasteiger charge is -2.29. The van der Waals surface area contributed by atoms with E-state index in [9.17, 15) is 0 Å². The van der Waals surface area contributed by atoms with Gasteiger partial charge in [-0.15, -0.1) is 0 Å². The van der Waals surface area contributed by atoms with Gasteiger partial charge in [-0.05, 0) is 29.7 Å². The molecule has 0 aliphatic rings. The predicted molar refractivity (Wildman–Crippen MR) is 86.1 cm³/mol. The van der Waals surface area contributed by atoms with Crippen molar-refractivity contribution in [3.05, 3.63) is 59.7 Å². The van der Waals surface area contributed by atoms with Crippen LogP contribution in [0.3, 0.4) is 0 Å². The van der Waals surface area contributed by atoms with E-state index in [2.05, 4.69) is 37.3 Å². The van der Waals surface area contributed by atoms with Crippen molar-refractivity contribution in [3.8, 4) is 11.5 Å². The number of methoxy groups -OCH3 is 2. The summed E-state index contributed by atoms with van der Waals surface area (Å²) in [7, 11) is 3.30. The fourth-order valence-corrected chi connectivity index (χ4v) is 2.57. The molecule has 2 N–H and O–H groups in total. The van der Waals surface area contributed by atoms with Gasteiger partial charge in [-0.25, -0.2) is 0 Å². The largest absolute Gasteiger partial charge is 0.493 e. The summed E-state index contributed by atoms with van der Waals surface area (Å²) in [6.45, 7) is 2.78. The average Bonchev–Trinajstić information content (AvgIpc) is 2.55. The Morgan fingerprint density at radius 3 is 2.19 bits per heavy atom. The Morgan fingerprint density at radius 2 is 1.62 bits per heavy atom. The maximum Gasteiger partial charge on any atom is 0.160 e. The number of rotatable bonds is 6. The van der Waals surface area contributed by atoms with Crippen LogP contribution in [0, 0.1) is 0 Å². The molecule has 0 bridgehead atoms. The van der Waals surface area contributed by atoms with E-state index < -0.39 is 0 Å². The molecule has 0 amide bonds. The van der Waals surface area contributed by atoms with Crippen molar-refractivity contribution in [2.24, 2.45) is 5.73 Å². The van der Waals surface area contributed by atoms with Gasteiger partial charge in [0, 0.05) is 12.0 Å². The van der Waals surface area contributed by atoms with Gasteiger partial charge in [0.2, 0.25) is 0 Å². The summed E-state index contributed by atoms with van der Waals surface area (Å²) in [6, 6.07) is 16.4. The van der Waals surface area contributed by atoms with E-state index in [0.717, 1.165) is 17.9 Å². The molecular formula is C18H23NO2. The number of hydrogen-bond acceptors (Lipinski definition) is 3. The van der Waals surface area contributed by atoms with Crippen LogP contribution in [0.5, 0.6) is 11.5 Å². The van der Waals surface area contributed by atoms with Crippen LogP contribution in [-0.2, 0) is 11.8 Å². The molecule has 0 saturated heterocycles. The van der Waals surface area contributed by atoms with E-state index in [-0.39, 0.29) is 5.41 Å². The molecule has 1 unspecified atom stereocenters. The molecule has 0 saturated carbocycles. The van der Waals surface area contributed by atoms with Crippen molar-refractivity contribution < 1.29 is 9.47 Å². The van der Waals surface area contributed by atoms with E-state index in [1.807, 2.05) is 18.2 Å². The minimum atomic E-state index is -0.0964. The van der Waals surface area contributed by atoms with Gasteiger partial charge in [0.05, 0.1) is 14.2 Å². The highest BCUT2D eigenvalue weighted by Crippen LogP contribution is 2.32. The van der Waals surface area contributed by atoms with Crippen LogP contribution in [0.25, 0.3) is 0 Å². The van der Waals surface area contributed by atoms with Gasteiger partial charge in [-0.2, -0.15) is 0 Å². The highest BCUT2D eigenvalue weighted by molar-refractivity contribution is 5.44. The molecule has 21 heavy (non-hydrogen) atoms.